The van der Waals surface area contributed by atoms with Crippen LogP contribution >= 0.6 is 0 Å². The van der Waals surface area contributed by atoms with E-state index in [0.29, 0.717) is 12.6 Å². The lowest BCUT2D eigenvalue weighted by Gasteiger charge is -2.25. The largest absolute Gasteiger partial charge is 0.352 e. The molecule has 4 heteroatoms. The van der Waals surface area contributed by atoms with Crippen molar-refractivity contribution in [1.29, 1.82) is 0 Å². The Morgan fingerprint density at radius 1 is 1.29 bits per heavy atom. The molecule has 0 aromatic carbocycles. The molecule has 0 aromatic rings. The lowest BCUT2D eigenvalue weighted by atomic mass is 9.94. The molecule has 2 fully saturated rings. The third-order valence-electron chi connectivity index (χ3n) is 3.73. The zero-order valence-corrected chi connectivity index (χ0v) is 10.9. The van der Waals surface area contributed by atoms with Gasteiger partial charge in [-0.1, -0.05) is 0 Å². The first-order chi connectivity index (χ1) is 8.24. The van der Waals surface area contributed by atoms with E-state index in [1.54, 1.807) is 0 Å². The Balaban J connectivity index is 1.55. The van der Waals surface area contributed by atoms with Crippen LogP contribution < -0.4 is 10.6 Å². The predicted octanol–water partition coefficient (Wildman–Crippen LogP) is 0.587. The van der Waals surface area contributed by atoms with Crippen LogP contribution in [0.15, 0.2) is 0 Å². The van der Waals surface area contributed by atoms with Crippen LogP contribution in [0.5, 0.6) is 0 Å². The maximum absolute atomic E-state index is 11.6. The molecule has 0 bridgehead atoms. The van der Waals surface area contributed by atoms with E-state index in [1.165, 1.54) is 32.1 Å². The highest BCUT2D eigenvalue weighted by Crippen LogP contribution is 2.18. The van der Waals surface area contributed by atoms with Gasteiger partial charge < -0.3 is 10.6 Å². The standard InChI is InChI=1S/C13H25N3O/c1-16(10-13(17)15-12-2-3-12)9-6-11-4-7-14-8-5-11/h11-12,14H,2-10H2,1H3,(H,15,17). The number of hydrogen-bond donors (Lipinski definition) is 2. The number of carbonyl (C=O) groups is 1. The Morgan fingerprint density at radius 3 is 2.65 bits per heavy atom. The first-order valence-electron chi connectivity index (χ1n) is 6.92. The molecule has 0 radical (unpaired) electrons. The topological polar surface area (TPSA) is 44.4 Å². The summed E-state index contributed by atoms with van der Waals surface area (Å²) in [4.78, 5) is 13.7. The van der Waals surface area contributed by atoms with Crippen molar-refractivity contribution in [2.24, 2.45) is 5.92 Å². The molecular formula is C13H25N3O. The summed E-state index contributed by atoms with van der Waals surface area (Å²) < 4.78 is 0. The van der Waals surface area contributed by atoms with Gasteiger partial charge in [-0.05, 0) is 64.7 Å². The summed E-state index contributed by atoms with van der Waals surface area (Å²) in [5.41, 5.74) is 0. The van der Waals surface area contributed by atoms with Crippen LogP contribution in [-0.2, 0) is 4.79 Å². The van der Waals surface area contributed by atoms with E-state index in [1.807, 2.05) is 7.05 Å². The molecule has 1 saturated heterocycles. The number of nitrogens with one attached hydrogen (secondary N) is 2. The molecule has 0 spiro atoms. The smallest absolute Gasteiger partial charge is 0.234 e. The summed E-state index contributed by atoms with van der Waals surface area (Å²) in [6.07, 6.45) is 6.16. The van der Waals surface area contributed by atoms with E-state index < -0.39 is 0 Å². The summed E-state index contributed by atoms with van der Waals surface area (Å²) in [7, 11) is 2.05. The van der Waals surface area contributed by atoms with Crippen LogP contribution in [0.2, 0.25) is 0 Å². The monoisotopic (exact) mass is 239 g/mol. The van der Waals surface area contributed by atoms with Crippen molar-refractivity contribution >= 4 is 5.91 Å². The Hall–Kier alpha value is -0.610. The number of rotatable bonds is 6. The molecule has 17 heavy (non-hydrogen) atoms. The van der Waals surface area contributed by atoms with Crippen LogP contribution in [0, 0.1) is 5.92 Å². The number of hydrogen-bond acceptors (Lipinski definition) is 3. The summed E-state index contributed by atoms with van der Waals surface area (Å²) in [6.45, 7) is 3.93. The van der Waals surface area contributed by atoms with Crippen molar-refractivity contribution in [2.45, 2.75) is 38.1 Å². The lowest BCUT2D eigenvalue weighted by molar-refractivity contribution is -0.122. The van der Waals surface area contributed by atoms with Crippen molar-refractivity contribution in [3.63, 3.8) is 0 Å². The van der Waals surface area contributed by atoms with Gasteiger partial charge in [-0.3, -0.25) is 9.69 Å². The van der Waals surface area contributed by atoms with Gasteiger partial charge in [0.25, 0.3) is 0 Å². The average Bonchev–Trinajstić information content (AvgIpc) is 3.11. The SMILES string of the molecule is CN(CCC1CCNCC1)CC(=O)NC1CC1. The second-order valence-electron chi connectivity index (χ2n) is 5.56. The molecule has 1 amide bonds. The molecule has 2 aliphatic rings. The molecule has 1 heterocycles. The van der Waals surface area contributed by atoms with Crippen LogP contribution in [0.4, 0.5) is 0 Å². The summed E-state index contributed by atoms with van der Waals surface area (Å²) in [5.74, 6) is 1.05. The highest BCUT2D eigenvalue weighted by molar-refractivity contribution is 5.78. The van der Waals surface area contributed by atoms with E-state index in [2.05, 4.69) is 15.5 Å². The zero-order valence-electron chi connectivity index (χ0n) is 10.9. The molecule has 1 saturated carbocycles. The molecule has 2 N–H and O–H groups in total. The van der Waals surface area contributed by atoms with Gasteiger partial charge in [-0.15, -0.1) is 0 Å². The summed E-state index contributed by atoms with van der Waals surface area (Å²) in [6, 6.07) is 0.486. The highest BCUT2D eigenvalue weighted by Gasteiger charge is 2.23. The van der Waals surface area contributed by atoms with E-state index in [-0.39, 0.29) is 5.91 Å². The van der Waals surface area contributed by atoms with E-state index in [9.17, 15) is 4.79 Å². The minimum absolute atomic E-state index is 0.195. The quantitative estimate of drug-likeness (QED) is 0.713. The van der Waals surface area contributed by atoms with Crippen molar-refractivity contribution in [3.05, 3.63) is 0 Å². The fourth-order valence-electron chi connectivity index (χ4n) is 2.40. The van der Waals surface area contributed by atoms with E-state index >= 15 is 0 Å². The third kappa shape index (κ3) is 5.04. The fourth-order valence-corrected chi connectivity index (χ4v) is 2.40. The van der Waals surface area contributed by atoms with E-state index in [0.717, 1.165) is 25.6 Å². The Labute approximate surface area is 104 Å². The maximum Gasteiger partial charge on any atom is 0.234 e. The van der Waals surface area contributed by atoms with Crippen LogP contribution in [0.3, 0.4) is 0 Å². The molecule has 1 aliphatic heterocycles. The van der Waals surface area contributed by atoms with Gasteiger partial charge in [0.2, 0.25) is 5.91 Å². The number of carbonyl (C=O) groups excluding carboxylic acids is 1. The van der Waals surface area contributed by atoms with Crippen molar-refractivity contribution in [3.8, 4) is 0 Å². The lowest BCUT2D eigenvalue weighted by Crippen LogP contribution is -2.37. The predicted molar refractivity (Wildman–Crippen MR) is 68.9 cm³/mol. The molecule has 4 nitrogen and oxygen atoms in total. The van der Waals surface area contributed by atoms with Crippen LogP contribution in [0.25, 0.3) is 0 Å². The van der Waals surface area contributed by atoms with Gasteiger partial charge in [0, 0.05) is 6.04 Å². The number of piperidine rings is 1. The Kier molecular flexibility index (Phi) is 4.80. The van der Waals surface area contributed by atoms with Crippen molar-refractivity contribution < 1.29 is 4.79 Å². The third-order valence-corrected chi connectivity index (χ3v) is 3.73. The molecule has 98 valence electrons. The number of likely N-dealkylation sites (N-methyl/N-ethyl adjacent to an activating group) is 1. The number of nitrogens with zero attached hydrogens (tertiary/aromatic N) is 1. The van der Waals surface area contributed by atoms with Crippen LogP contribution in [0.1, 0.15) is 32.1 Å². The highest BCUT2D eigenvalue weighted by atomic mass is 16.2. The maximum atomic E-state index is 11.6. The van der Waals surface area contributed by atoms with Gasteiger partial charge in [-0.25, -0.2) is 0 Å². The van der Waals surface area contributed by atoms with Gasteiger partial charge in [0.05, 0.1) is 6.54 Å². The first kappa shape index (κ1) is 12.8. The molecule has 0 aromatic heterocycles. The first-order valence-corrected chi connectivity index (χ1v) is 6.92. The molecule has 1 aliphatic carbocycles. The summed E-state index contributed by atoms with van der Waals surface area (Å²) in [5, 5.41) is 6.42. The van der Waals surface area contributed by atoms with Gasteiger partial charge in [0.1, 0.15) is 0 Å². The normalized spacial score (nSPS) is 21.8. The van der Waals surface area contributed by atoms with Crippen molar-refractivity contribution in [2.75, 3.05) is 33.2 Å². The Bertz CT molecular complexity index is 247. The molecular weight excluding hydrogens is 214 g/mol. The average molecular weight is 239 g/mol. The van der Waals surface area contributed by atoms with Gasteiger partial charge in [-0.2, -0.15) is 0 Å². The van der Waals surface area contributed by atoms with Gasteiger partial charge in [0.15, 0.2) is 0 Å². The minimum Gasteiger partial charge on any atom is -0.352 e. The second-order valence-corrected chi connectivity index (χ2v) is 5.56. The van der Waals surface area contributed by atoms with E-state index in [4.69, 9.17) is 0 Å². The van der Waals surface area contributed by atoms with Crippen LogP contribution in [-0.4, -0.2) is 50.1 Å². The van der Waals surface area contributed by atoms with Gasteiger partial charge >= 0.3 is 0 Å². The Morgan fingerprint density at radius 2 is 2.00 bits per heavy atom. The molecule has 2 rings (SSSR count). The summed E-state index contributed by atoms with van der Waals surface area (Å²) >= 11 is 0. The molecule has 0 atom stereocenters. The number of amides is 1. The molecule has 0 unspecified atom stereocenters. The zero-order chi connectivity index (χ0) is 12.1. The second kappa shape index (κ2) is 6.36. The minimum atomic E-state index is 0.195. The van der Waals surface area contributed by atoms with Crippen molar-refractivity contribution in [1.82, 2.24) is 15.5 Å². The fraction of sp³-hybridized carbons (Fsp3) is 0.923.